The lowest BCUT2D eigenvalue weighted by Gasteiger charge is -2.35. The molecule has 0 amide bonds. The zero-order valence-corrected chi connectivity index (χ0v) is 14.7. The van der Waals surface area contributed by atoms with E-state index in [0.29, 0.717) is 11.8 Å². The minimum atomic E-state index is 0.454. The van der Waals surface area contributed by atoms with Gasteiger partial charge in [-0.15, -0.1) is 0 Å². The van der Waals surface area contributed by atoms with Crippen molar-refractivity contribution in [2.24, 2.45) is 11.7 Å². The van der Waals surface area contributed by atoms with Crippen molar-refractivity contribution in [3.05, 3.63) is 71.9 Å². The van der Waals surface area contributed by atoms with Gasteiger partial charge in [-0.1, -0.05) is 48.5 Å². The molecule has 0 bridgehead atoms. The Labute approximate surface area is 149 Å². The zero-order valence-electron chi connectivity index (χ0n) is 14.7. The molecule has 2 heterocycles. The molecule has 1 aliphatic heterocycles. The molecule has 0 saturated carbocycles. The van der Waals surface area contributed by atoms with Gasteiger partial charge in [-0.25, -0.2) is 0 Å². The standard InChI is InChI=1S/C22H27N3/c23-14-20(21-15-24-22-9-5-4-8-19(21)22)18-10-12-25(13-11-18)16-17-6-2-1-3-7-17/h1-9,15,18,20,24H,10-14,16,23H2. The molecule has 1 unspecified atom stereocenters. The van der Waals surface area contributed by atoms with E-state index >= 15 is 0 Å². The van der Waals surface area contributed by atoms with Crippen LogP contribution in [0.25, 0.3) is 10.9 Å². The fourth-order valence-electron chi connectivity index (χ4n) is 4.33. The zero-order chi connectivity index (χ0) is 17.1. The number of H-pyrrole nitrogens is 1. The molecule has 3 heteroatoms. The first-order valence-corrected chi connectivity index (χ1v) is 9.37. The number of para-hydroxylation sites is 1. The number of rotatable bonds is 5. The second-order valence-corrected chi connectivity index (χ2v) is 7.23. The van der Waals surface area contributed by atoms with Crippen molar-refractivity contribution in [2.45, 2.75) is 25.3 Å². The molecule has 3 N–H and O–H groups in total. The molecule has 1 atom stereocenters. The number of nitrogens with one attached hydrogen (secondary N) is 1. The Morgan fingerprint density at radius 3 is 2.48 bits per heavy atom. The Balaban J connectivity index is 1.44. The van der Waals surface area contributed by atoms with Gasteiger partial charge in [0.2, 0.25) is 0 Å². The van der Waals surface area contributed by atoms with Crippen LogP contribution in [0.2, 0.25) is 0 Å². The predicted octanol–water partition coefficient (Wildman–Crippen LogP) is 4.12. The maximum absolute atomic E-state index is 6.22. The Hall–Kier alpha value is -2.10. The summed E-state index contributed by atoms with van der Waals surface area (Å²) < 4.78 is 0. The number of fused-ring (bicyclic) bond motifs is 1. The summed E-state index contributed by atoms with van der Waals surface area (Å²) in [5.41, 5.74) is 10.2. The lowest BCUT2D eigenvalue weighted by Crippen LogP contribution is -2.36. The lowest BCUT2D eigenvalue weighted by atomic mass is 9.80. The van der Waals surface area contributed by atoms with E-state index in [1.807, 2.05) is 0 Å². The van der Waals surface area contributed by atoms with E-state index in [9.17, 15) is 0 Å². The van der Waals surface area contributed by atoms with Crippen molar-refractivity contribution in [3.63, 3.8) is 0 Å². The Bertz CT molecular complexity index is 800. The second kappa shape index (κ2) is 7.42. The maximum atomic E-state index is 6.22. The van der Waals surface area contributed by atoms with Gasteiger partial charge in [0.1, 0.15) is 0 Å². The Morgan fingerprint density at radius 2 is 1.72 bits per heavy atom. The molecule has 0 aliphatic carbocycles. The van der Waals surface area contributed by atoms with Crippen LogP contribution in [0.5, 0.6) is 0 Å². The summed E-state index contributed by atoms with van der Waals surface area (Å²) in [6.07, 6.45) is 4.64. The number of aromatic amines is 1. The predicted molar refractivity (Wildman–Crippen MR) is 105 cm³/mol. The van der Waals surface area contributed by atoms with Gasteiger partial charge in [-0.3, -0.25) is 4.90 Å². The van der Waals surface area contributed by atoms with E-state index in [2.05, 4.69) is 70.7 Å². The largest absolute Gasteiger partial charge is 0.361 e. The van der Waals surface area contributed by atoms with Crippen LogP contribution >= 0.6 is 0 Å². The summed E-state index contributed by atoms with van der Waals surface area (Å²) in [7, 11) is 0. The summed E-state index contributed by atoms with van der Waals surface area (Å²) in [4.78, 5) is 6.00. The van der Waals surface area contributed by atoms with Gasteiger partial charge in [0, 0.05) is 29.6 Å². The van der Waals surface area contributed by atoms with Crippen LogP contribution in [-0.4, -0.2) is 29.5 Å². The summed E-state index contributed by atoms with van der Waals surface area (Å²) in [6, 6.07) is 19.4. The van der Waals surface area contributed by atoms with Crippen molar-refractivity contribution >= 4 is 10.9 Å². The molecule has 3 nitrogen and oxygen atoms in total. The molecule has 1 saturated heterocycles. The fourth-order valence-corrected chi connectivity index (χ4v) is 4.33. The molecule has 3 aromatic rings. The average Bonchev–Trinajstić information content (AvgIpc) is 3.09. The number of aromatic nitrogens is 1. The normalized spacial score (nSPS) is 17.8. The average molecular weight is 333 g/mol. The van der Waals surface area contributed by atoms with Crippen molar-refractivity contribution < 1.29 is 0 Å². The quantitative estimate of drug-likeness (QED) is 0.737. The highest BCUT2D eigenvalue weighted by Gasteiger charge is 2.28. The van der Waals surface area contributed by atoms with E-state index in [1.165, 1.54) is 48.0 Å². The Kier molecular flexibility index (Phi) is 4.86. The van der Waals surface area contributed by atoms with E-state index in [4.69, 9.17) is 5.73 Å². The van der Waals surface area contributed by atoms with Crippen molar-refractivity contribution in [1.82, 2.24) is 9.88 Å². The van der Waals surface area contributed by atoms with Gasteiger partial charge in [-0.05, 0) is 55.6 Å². The number of hydrogen-bond donors (Lipinski definition) is 2. The smallest absolute Gasteiger partial charge is 0.0456 e. The third kappa shape index (κ3) is 3.48. The van der Waals surface area contributed by atoms with Crippen LogP contribution < -0.4 is 5.73 Å². The lowest BCUT2D eigenvalue weighted by molar-refractivity contribution is 0.163. The molecule has 1 aliphatic rings. The van der Waals surface area contributed by atoms with Crippen LogP contribution in [-0.2, 0) is 6.54 Å². The third-order valence-electron chi connectivity index (χ3n) is 5.72. The molecule has 1 fully saturated rings. The first kappa shape index (κ1) is 16.4. The van der Waals surface area contributed by atoms with E-state index in [-0.39, 0.29) is 0 Å². The molecule has 2 aromatic carbocycles. The molecule has 0 radical (unpaired) electrons. The van der Waals surface area contributed by atoms with Gasteiger partial charge >= 0.3 is 0 Å². The van der Waals surface area contributed by atoms with Gasteiger partial charge < -0.3 is 10.7 Å². The summed E-state index contributed by atoms with van der Waals surface area (Å²) in [5, 5.41) is 1.34. The van der Waals surface area contributed by atoms with Gasteiger partial charge in [-0.2, -0.15) is 0 Å². The SMILES string of the molecule is NCC(c1c[nH]c2ccccc12)C1CCN(Cc2ccccc2)CC1. The second-order valence-electron chi connectivity index (χ2n) is 7.23. The van der Waals surface area contributed by atoms with Gasteiger partial charge in [0.25, 0.3) is 0 Å². The minimum Gasteiger partial charge on any atom is -0.361 e. The fraction of sp³-hybridized carbons (Fsp3) is 0.364. The van der Waals surface area contributed by atoms with Crippen LogP contribution in [0.15, 0.2) is 60.8 Å². The number of piperidine rings is 1. The first-order chi connectivity index (χ1) is 12.3. The maximum Gasteiger partial charge on any atom is 0.0456 e. The number of hydrogen-bond acceptors (Lipinski definition) is 2. The highest BCUT2D eigenvalue weighted by Crippen LogP contribution is 2.35. The molecule has 0 spiro atoms. The molecular formula is C22H27N3. The van der Waals surface area contributed by atoms with E-state index in [1.54, 1.807) is 0 Å². The molecule has 4 rings (SSSR count). The molecule has 1 aromatic heterocycles. The number of likely N-dealkylation sites (tertiary alicyclic amines) is 1. The van der Waals surface area contributed by atoms with E-state index in [0.717, 1.165) is 13.1 Å². The van der Waals surface area contributed by atoms with Crippen LogP contribution in [0.4, 0.5) is 0 Å². The molecule has 130 valence electrons. The first-order valence-electron chi connectivity index (χ1n) is 9.37. The number of benzene rings is 2. The topological polar surface area (TPSA) is 45.1 Å². The Morgan fingerprint density at radius 1 is 1.00 bits per heavy atom. The number of nitrogens with zero attached hydrogens (tertiary/aromatic N) is 1. The highest BCUT2D eigenvalue weighted by atomic mass is 15.1. The summed E-state index contributed by atoms with van der Waals surface area (Å²) in [5.74, 6) is 1.13. The van der Waals surface area contributed by atoms with Crippen LogP contribution in [0.3, 0.4) is 0 Å². The number of nitrogens with two attached hydrogens (primary N) is 1. The van der Waals surface area contributed by atoms with Crippen LogP contribution in [0, 0.1) is 5.92 Å². The van der Waals surface area contributed by atoms with Crippen molar-refractivity contribution in [3.8, 4) is 0 Å². The highest BCUT2D eigenvalue weighted by molar-refractivity contribution is 5.83. The van der Waals surface area contributed by atoms with E-state index < -0.39 is 0 Å². The van der Waals surface area contributed by atoms with Crippen molar-refractivity contribution in [1.29, 1.82) is 0 Å². The molecular weight excluding hydrogens is 306 g/mol. The summed E-state index contributed by atoms with van der Waals surface area (Å²) >= 11 is 0. The van der Waals surface area contributed by atoms with Gasteiger partial charge in [0.15, 0.2) is 0 Å². The third-order valence-corrected chi connectivity index (χ3v) is 5.72. The monoisotopic (exact) mass is 333 g/mol. The van der Waals surface area contributed by atoms with Crippen LogP contribution in [0.1, 0.15) is 29.9 Å². The van der Waals surface area contributed by atoms with Crippen molar-refractivity contribution in [2.75, 3.05) is 19.6 Å². The summed E-state index contributed by atoms with van der Waals surface area (Å²) in [6.45, 7) is 4.12. The molecule has 25 heavy (non-hydrogen) atoms. The minimum absolute atomic E-state index is 0.454. The van der Waals surface area contributed by atoms with Gasteiger partial charge in [0.05, 0.1) is 0 Å².